The van der Waals surface area contributed by atoms with Gasteiger partial charge in [0.2, 0.25) is 11.8 Å². The van der Waals surface area contributed by atoms with Gasteiger partial charge in [-0.05, 0) is 81.9 Å². The van der Waals surface area contributed by atoms with Gasteiger partial charge in [-0.15, -0.1) is 0 Å². The number of hydrogen-bond acceptors (Lipinski definition) is 6. The molecule has 4 rings (SSSR count). The van der Waals surface area contributed by atoms with Crippen LogP contribution >= 0.6 is 0 Å². The van der Waals surface area contributed by atoms with Gasteiger partial charge in [0.15, 0.2) is 0 Å². The highest BCUT2D eigenvalue weighted by molar-refractivity contribution is 5.97. The average Bonchev–Trinajstić information content (AvgIpc) is 3.73. The van der Waals surface area contributed by atoms with Crippen LogP contribution in [0.2, 0.25) is 0 Å². The second-order valence-electron chi connectivity index (χ2n) is 10.3. The van der Waals surface area contributed by atoms with Crippen molar-refractivity contribution in [2.45, 2.75) is 69.5 Å². The first kappa shape index (κ1) is 25.6. The molecule has 3 amide bonds. The van der Waals surface area contributed by atoms with Gasteiger partial charge in [0.05, 0.1) is 5.56 Å². The molecule has 1 aromatic heterocycles. The van der Waals surface area contributed by atoms with Crippen molar-refractivity contribution in [2.24, 2.45) is 17.6 Å². The number of piperidine rings is 1. The molecule has 2 aliphatic carbocycles. The van der Waals surface area contributed by atoms with E-state index in [4.69, 9.17) is 10.5 Å². The number of aromatic nitrogens is 1. The Kier molecular flexibility index (Phi) is 8.73. The smallest absolute Gasteiger partial charge is 0.256 e. The van der Waals surface area contributed by atoms with Crippen molar-refractivity contribution in [1.29, 1.82) is 0 Å². The molecule has 1 aliphatic heterocycles. The number of carbonyl (C=O) groups excluding carboxylic acids is 3. The van der Waals surface area contributed by atoms with E-state index in [2.05, 4.69) is 10.3 Å². The third kappa shape index (κ3) is 6.38. The normalized spacial score (nSPS) is 26.7. The molecule has 2 atom stereocenters. The van der Waals surface area contributed by atoms with Gasteiger partial charge in [-0.2, -0.15) is 0 Å². The van der Waals surface area contributed by atoms with Crippen molar-refractivity contribution in [3.8, 4) is 0 Å². The largest absolute Gasteiger partial charge is 0.375 e. The number of nitrogens with two attached hydrogens (primary N) is 1. The monoisotopic (exact) mass is 485 g/mol. The summed E-state index contributed by atoms with van der Waals surface area (Å²) in [6.45, 7) is 1.80. The van der Waals surface area contributed by atoms with E-state index in [1.165, 1.54) is 13.3 Å². The molecule has 0 aromatic carbocycles. The van der Waals surface area contributed by atoms with Crippen LogP contribution in [-0.4, -0.2) is 84.0 Å². The summed E-state index contributed by atoms with van der Waals surface area (Å²) >= 11 is 0. The summed E-state index contributed by atoms with van der Waals surface area (Å²) in [5.41, 5.74) is 6.29. The standard InChI is InChI=1S/C26H39N5O4/c1-35-17-24(32)31(21-8-9-21)22-10-12-30(26(34)20-3-2-11-28-16-20)23(13-22)25(33)29-15-19-6-4-18(14-27)5-7-19/h2-3,11,16,18-19,21-23H,4-10,12-15,17,27H2,1H3,(H,29,33)/t18?,19?,22?,23-/m1/s1. The minimum absolute atomic E-state index is 0.0354. The average molecular weight is 486 g/mol. The number of ether oxygens (including phenoxy) is 1. The van der Waals surface area contributed by atoms with E-state index in [0.29, 0.717) is 43.3 Å². The molecule has 2 heterocycles. The molecule has 3 N–H and O–H groups in total. The minimum Gasteiger partial charge on any atom is -0.375 e. The first-order valence-corrected chi connectivity index (χ1v) is 13.0. The summed E-state index contributed by atoms with van der Waals surface area (Å²) in [4.78, 5) is 47.3. The number of pyridine rings is 1. The zero-order valence-electron chi connectivity index (χ0n) is 20.7. The molecular formula is C26H39N5O4. The molecule has 1 saturated heterocycles. The molecule has 0 bridgehead atoms. The Morgan fingerprint density at radius 1 is 1.11 bits per heavy atom. The fourth-order valence-electron chi connectivity index (χ4n) is 5.64. The lowest BCUT2D eigenvalue weighted by atomic mass is 9.82. The molecule has 2 saturated carbocycles. The molecule has 9 heteroatoms. The highest BCUT2D eigenvalue weighted by atomic mass is 16.5. The molecule has 1 aromatic rings. The maximum absolute atomic E-state index is 13.5. The first-order chi connectivity index (χ1) is 17.0. The number of nitrogens with one attached hydrogen (secondary N) is 1. The highest BCUT2D eigenvalue weighted by Gasteiger charge is 2.44. The quantitative estimate of drug-likeness (QED) is 0.548. The second kappa shape index (κ2) is 11.9. The van der Waals surface area contributed by atoms with Crippen molar-refractivity contribution in [3.63, 3.8) is 0 Å². The van der Waals surface area contributed by atoms with Crippen molar-refractivity contribution in [3.05, 3.63) is 30.1 Å². The summed E-state index contributed by atoms with van der Waals surface area (Å²) in [5.74, 6) is 0.661. The van der Waals surface area contributed by atoms with Crippen molar-refractivity contribution >= 4 is 17.7 Å². The van der Waals surface area contributed by atoms with Crippen molar-refractivity contribution in [2.75, 3.05) is 33.4 Å². The first-order valence-electron chi connectivity index (χ1n) is 13.0. The van der Waals surface area contributed by atoms with Crippen LogP contribution in [0.25, 0.3) is 0 Å². The topological polar surface area (TPSA) is 118 Å². The van der Waals surface area contributed by atoms with Crippen LogP contribution in [0.3, 0.4) is 0 Å². The maximum atomic E-state index is 13.5. The Morgan fingerprint density at radius 3 is 2.49 bits per heavy atom. The molecule has 192 valence electrons. The van der Waals surface area contributed by atoms with Crippen LogP contribution in [0.4, 0.5) is 0 Å². The van der Waals surface area contributed by atoms with Crippen LogP contribution in [0, 0.1) is 11.8 Å². The number of carbonyl (C=O) groups is 3. The summed E-state index contributed by atoms with van der Waals surface area (Å²) in [5, 5.41) is 3.14. The molecule has 35 heavy (non-hydrogen) atoms. The molecule has 3 fully saturated rings. The van der Waals surface area contributed by atoms with Gasteiger partial charge in [-0.3, -0.25) is 19.4 Å². The molecule has 9 nitrogen and oxygen atoms in total. The summed E-state index contributed by atoms with van der Waals surface area (Å²) in [6, 6.07) is 2.96. The third-order valence-electron chi connectivity index (χ3n) is 7.80. The Hall–Kier alpha value is -2.52. The lowest BCUT2D eigenvalue weighted by molar-refractivity contribution is -0.141. The van der Waals surface area contributed by atoms with Gasteiger partial charge in [-0.25, -0.2) is 0 Å². The van der Waals surface area contributed by atoms with Crippen LogP contribution in [-0.2, 0) is 14.3 Å². The number of amides is 3. The molecule has 0 radical (unpaired) electrons. The van der Waals surface area contributed by atoms with E-state index in [9.17, 15) is 14.4 Å². The second-order valence-corrected chi connectivity index (χ2v) is 10.3. The van der Waals surface area contributed by atoms with E-state index in [0.717, 1.165) is 45.1 Å². The van der Waals surface area contributed by atoms with E-state index < -0.39 is 6.04 Å². The van der Waals surface area contributed by atoms with Crippen LogP contribution in [0.15, 0.2) is 24.5 Å². The summed E-state index contributed by atoms with van der Waals surface area (Å²) < 4.78 is 5.12. The number of nitrogens with zero attached hydrogens (tertiary/aromatic N) is 3. The minimum atomic E-state index is -0.626. The predicted molar refractivity (Wildman–Crippen MR) is 131 cm³/mol. The lowest BCUT2D eigenvalue weighted by Gasteiger charge is -2.43. The van der Waals surface area contributed by atoms with Crippen molar-refractivity contribution < 1.29 is 19.1 Å². The number of likely N-dealkylation sites (tertiary alicyclic amines) is 1. The van der Waals surface area contributed by atoms with Crippen LogP contribution < -0.4 is 11.1 Å². The number of hydrogen-bond donors (Lipinski definition) is 2. The highest BCUT2D eigenvalue weighted by Crippen LogP contribution is 2.34. The predicted octanol–water partition coefficient (Wildman–Crippen LogP) is 1.57. The van der Waals surface area contributed by atoms with Gasteiger partial charge in [0.1, 0.15) is 12.6 Å². The summed E-state index contributed by atoms with van der Waals surface area (Å²) in [6.07, 6.45) is 10.5. The Balaban J connectivity index is 1.46. The fourth-order valence-corrected chi connectivity index (χ4v) is 5.64. The van der Waals surface area contributed by atoms with E-state index in [1.54, 1.807) is 23.2 Å². The van der Waals surface area contributed by atoms with Gasteiger partial charge in [0, 0.05) is 44.7 Å². The van der Waals surface area contributed by atoms with E-state index >= 15 is 0 Å². The number of methoxy groups -OCH3 is 1. The van der Waals surface area contributed by atoms with E-state index in [-0.39, 0.29) is 36.4 Å². The maximum Gasteiger partial charge on any atom is 0.256 e. The molecular weight excluding hydrogens is 446 g/mol. The van der Waals surface area contributed by atoms with Crippen LogP contribution in [0.1, 0.15) is 61.7 Å². The lowest BCUT2D eigenvalue weighted by Crippen LogP contribution is -2.59. The Labute approximate surface area is 207 Å². The van der Waals surface area contributed by atoms with Gasteiger partial charge in [-0.1, -0.05) is 0 Å². The van der Waals surface area contributed by atoms with E-state index in [1.807, 2.05) is 4.90 Å². The Bertz CT molecular complexity index is 870. The summed E-state index contributed by atoms with van der Waals surface area (Å²) in [7, 11) is 1.52. The molecule has 3 aliphatic rings. The fraction of sp³-hybridized carbons (Fsp3) is 0.692. The van der Waals surface area contributed by atoms with Gasteiger partial charge < -0.3 is 25.6 Å². The van der Waals surface area contributed by atoms with Gasteiger partial charge >= 0.3 is 0 Å². The zero-order chi connectivity index (χ0) is 24.8. The Morgan fingerprint density at radius 2 is 1.86 bits per heavy atom. The van der Waals surface area contributed by atoms with Crippen molar-refractivity contribution in [1.82, 2.24) is 20.1 Å². The zero-order valence-corrected chi connectivity index (χ0v) is 20.7. The third-order valence-corrected chi connectivity index (χ3v) is 7.80. The number of rotatable bonds is 9. The molecule has 1 unspecified atom stereocenters. The van der Waals surface area contributed by atoms with Crippen LogP contribution in [0.5, 0.6) is 0 Å². The molecule has 0 spiro atoms. The SMILES string of the molecule is COCC(=O)N(C1CC1)C1CCN(C(=O)c2cccnc2)[C@@H](C(=O)NCC2CCC(CN)CC2)C1. The van der Waals surface area contributed by atoms with Gasteiger partial charge in [0.25, 0.3) is 5.91 Å².